The molecule has 0 spiro atoms. The van der Waals surface area contributed by atoms with Gasteiger partial charge in [0.2, 0.25) is 11.8 Å². The Morgan fingerprint density at radius 2 is 2.25 bits per heavy atom. The van der Waals surface area contributed by atoms with Gasteiger partial charge in [0.1, 0.15) is 0 Å². The first-order valence-electron chi connectivity index (χ1n) is 7.30. The summed E-state index contributed by atoms with van der Waals surface area (Å²) in [5.74, 6) is -1.39. The Morgan fingerprint density at radius 1 is 1.42 bits per heavy atom. The van der Waals surface area contributed by atoms with Crippen LogP contribution in [0.2, 0.25) is 0 Å². The minimum Gasteiger partial charge on any atom is -0.335 e. The van der Waals surface area contributed by atoms with Gasteiger partial charge in [0, 0.05) is 35.8 Å². The van der Waals surface area contributed by atoms with Crippen LogP contribution in [-0.2, 0) is 9.59 Å². The Labute approximate surface area is 141 Å². The number of pyridine rings is 1. The molecule has 3 heterocycles. The van der Waals surface area contributed by atoms with Gasteiger partial charge in [0.05, 0.1) is 11.6 Å². The molecule has 9 heteroatoms. The van der Waals surface area contributed by atoms with Crippen molar-refractivity contribution in [3.63, 3.8) is 0 Å². The van der Waals surface area contributed by atoms with E-state index < -0.39 is 23.9 Å². The van der Waals surface area contributed by atoms with Gasteiger partial charge in [-0.2, -0.15) is 0 Å². The summed E-state index contributed by atoms with van der Waals surface area (Å²) in [7, 11) is 0. The van der Waals surface area contributed by atoms with Crippen LogP contribution >= 0.6 is 11.3 Å². The predicted molar refractivity (Wildman–Crippen MR) is 88.2 cm³/mol. The zero-order chi connectivity index (χ0) is 17.1. The number of hydrogen-bond acceptors (Lipinski definition) is 6. The molecule has 0 saturated carbocycles. The largest absolute Gasteiger partial charge is 0.335 e. The number of nitrogens with one attached hydrogen (secondary N) is 3. The third kappa shape index (κ3) is 3.57. The van der Waals surface area contributed by atoms with Gasteiger partial charge in [-0.25, -0.2) is 9.78 Å². The SMILES string of the molecule is CC1NC(=O)NC(=O)C1CC(=O)Nc1nc(-c2cccnc2)cs1. The van der Waals surface area contributed by atoms with E-state index in [1.54, 1.807) is 19.3 Å². The molecule has 1 fully saturated rings. The van der Waals surface area contributed by atoms with Crippen LogP contribution in [0, 0.1) is 5.92 Å². The minimum absolute atomic E-state index is 0.0327. The number of imide groups is 1. The van der Waals surface area contributed by atoms with E-state index in [0.717, 1.165) is 11.3 Å². The number of nitrogens with zero attached hydrogens (tertiary/aromatic N) is 2. The van der Waals surface area contributed by atoms with Crippen molar-refractivity contribution >= 4 is 34.3 Å². The van der Waals surface area contributed by atoms with Crippen molar-refractivity contribution in [2.75, 3.05) is 5.32 Å². The third-order valence-corrected chi connectivity index (χ3v) is 4.41. The van der Waals surface area contributed by atoms with Crippen LogP contribution < -0.4 is 16.0 Å². The number of amides is 4. The van der Waals surface area contributed by atoms with E-state index in [1.807, 2.05) is 17.5 Å². The molecule has 24 heavy (non-hydrogen) atoms. The number of aromatic nitrogens is 2. The number of carbonyl (C=O) groups excluding carboxylic acids is 3. The van der Waals surface area contributed by atoms with Gasteiger partial charge in [-0.15, -0.1) is 11.3 Å². The van der Waals surface area contributed by atoms with Gasteiger partial charge in [-0.1, -0.05) is 0 Å². The molecule has 1 aliphatic heterocycles. The third-order valence-electron chi connectivity index (χ3n) is 3.65. The van der Waals surface area contributed by atoms with E-state index in [0.29, 0.717) is 5.13 Å². The maximum absolute atomic E-state index is 12.1. The lowest BCUT2D eigenvalue weighted by atomic mass is 9.94. The highest BCUT2D eigenvalue weighted by Gasteiger charge is 2.34. The second-order valence-electron chi connectivity index (χ2n) is 5.39. The molecular weight excluding hydrogens is 330 g/mol. The predicted octanol–water partition coefficient (Wildman–Crippen LogP) is 1.38. The maximum atomic E-state index is 12.1. The molecule has 3 N–H and O–H groups in total. The minimum atomic E-state index is -0.611. The van der Waals surface area contributed by atoms with Gasteiger partial charge >= 0.3 is 6.03 Å². The summed E-state index contributed by atoms with van der Waals surface area (Å²) < 4.78 is 0. The van der Waals surface area contributed by atoms with Crippen molar-refractivity contribution in [2.45, 2.75) is 19.4 Å². The molecule has 0 aliphatic carbocycles. The summed E-state index contributed by atoms with van der Waals surface area (Å²) >= 11 is 1.30. The lowest BCUT2D eigenvalue weighted by molar-refractivity contribution is -0.129. The van der Waals surface area contributed by atoms with E-state index in [4.69, 9.17) is 0 Å². The number of urea groups is 1. The lowest BCUT2D eigenvalue weighted by Crippen LogP contribution is -2.57. The molecule has 2 aromatic heterocycles. The fourth-order valence-corrected chi connectivity index (χ4v) is 3.13. The van der Waals surface area contributed by atoms with Crippen LogP contribution in [0.5, 0.6) is 0 Å². The molecule has 2 aromatic rings. The number of hydrogen-bond donors (Lipinski definition) is 3. The Balaban J connectivity index is 1.62. The van der Waals surface area contributed by atoms with Crippen molar-refractivity contribution in [1.29, 1.82) is 0 Å². The summed E-state index contributed by atoms with van der Waals surface area (Å²) in [4.78, 5) is 43.5. The van der Waals surface area contributed by atoms with Crippen LogP contribution in [0.4, 0.5) is 9.93 Å². The van der Waals surface area contributed by atoms with E-state index in [-0.39, 0.29) is 12.3 Å². The summed E-state index contributed by atoms with van der Waals surface area (Å²) in [6.07, 6.45) is 3.33. The summed E-state index contributed by atoms with van der Waals surface area (Å²) in [5, 5.41) is 9.71. The fraction of sp³-hybridized carbons (Fsp3) is 0.267. The van der Waals surface area contributed by atoms with Gasteiger partial charge in [0.15, 0.2) is 5.13 Å². The second-order valence-corrected chi connectivity index (χ2v) is 6.25. The monoisotopic (exact) mass is 345 g/mol. The van der Waals surface area contributed by atoms with Crippen molar-refractivity contribution in [3.05, 3.63) is 29.9 Å². The zero-order valence-electron chi connectivity index (χ0n) is 12.8. The molecule has 2 atom stereocenters. The summed E-state index contributed by atoms with van der Waals surface area (Å²) in [5.41, 5.74) is 1.58. The molecule has 1 aliphatic rings. The lowest BCUT2D eigenvalue weighted by Gasteiger charge is -2.28. The molecule has 8 nitrogen and oxygen atoms in total. The van der Waals surface area contributed by atoms with Gasteiger partial charge < -0.3 is 10.6 Å². The van der Waals surface area contributed by atoms with Crippen molar-refractivity contribution in [2.24, 2.45) is 5.92 Å². The van der Waals surface area contributed by atoms with Gasteiger partial charge in [-0.3, -0.25) is 19.9 Å². The highest BCUT2D eigenvalue weighted by molar-refractivity contribution is 7.14. The molecule has 2 unspecified atom stereocenters. The molecular formula is C15H15N5O3S. The fourth-order valence-electron chi connectivity index (χ4n) is 2.39. The first-order valence-corrected chi connectivity index (χ1v) is 8.18. The molecule has 0 aromatic carbocycles. The van der Waals surface area contributed by atoms with Crippen molar-refractivity contribution in [1.82, 2.24) is 20.6 Å². The Morgan fingerprint density at radius 3 is 2.96 bits per heavy atom. The van der Waals surface area contributed by atoms with Gasteiger partial charge in [-0.05, 0) is 19.1 Å². The highest BCUT2D eigenvalue weighted by Crippen LogP contribution is 2.24. The van der Waals surface area contributed by atoms with Crippen LogP contribution in [0.15, 0.2) is 29.9 Å². The number of thiazole rings is 1. The molecule has 3 rings (SSSR count). The molecule has 4 amide bonds. The van der Waals surface area contributed by atoms with E-state index in [2.05, 4.69) is 25.9 Å². The first kappa shape index (κ1) is 16.1. The molecule has 0 radical (unpaired) electrons. The topological polar surface area (TPSA) is 113 Å². The second kappa shape index (κ2) is 6.75. The molecule has 0 bridgehead atoms. The van der Waals surface area contributed by atoms with E-state index in [9.17, 15) is 14.4 Å². The summed E-state index contributed by atoms with van der Waals surface area (Å²) in [6, 6.07) is 2.75. The number of anilines is 1. The van der Waals surface area contributed by atoms with Crippen molar-refractivity contribution < 1.29 is 14.4 Å². The average molecular weight is 345 g/mol. The number of rotatable bonds is 4. The van der Waals surface area contributed by atoms with Crippen molar-refractivity contribution in [3.8, 4) is 11.3 Å². The molecule has 124 valence electrons. The van der Waals surface area contributed by atoms with Crippen LogP contribution in [0.3, 0.4) is 0 Å². The van der Waals surface area contributed by atoms with Gasteiger partial charge in [0.25, 0.3) is 0 Å². The van der Waals surface area contributed by atoms with E-state index >= 15 is 0 Å². The van der Waals surface area contributed by atoms with E-state index in [1.165, 1.54) is 11.3 Å². The normalized spacial score (nSPS) is 20.2. The average Bonchev–Trinajstić information content (AvgIpc) is 3.00. The number of carbonyl (C=O) groups is 3. The Kier molecular flexibility index (Phi) is 4.52. The first-order chi connectivity index (χ1) is 11.5. The zero-order valence-corrected chi connectivity index (χ0v) is 13.6. The standard InChI is InChI=1S/C15H15N5O3S/c1-8-10(13(22)20-14(23)17-8)5-12(21)19-15-18-11(7-24-15)9-3-2-4-16-6-9/h2-4,6-8,10H,5H2,1H3,(H,18,19,21)(H2,17,20,22,23). The smallest absolute Gasteiger partial charge is 0.321 e. The Bertz CT molecular complexity index is 776. The van der Waals surface area contributed by atoms with Crippen LogP contribution in [0.25, 0.3) is 11.3 Å². The van der Waals surface area contributed by atoms with Crippen LogP contribution in [-0.4, -0.2) is 33.9 Å². The summed E-state index contributed by atoms with van der Waals surface area (Å²) in [6.45, 7) is 1.69. The Hall–Kier alpha value is -2.81. The van der Waals surface area contributed by atoms with Crippen LogP contribution in [0.1, 0.15) is 13.3 Å². The highest BCUT2D eigenvalue weighted by atomic mass is 32.1. The maximum Gasteiger partial charge on any atom is 0.321 e. The quantitative estimate of drug-likeness (QED) is 0.775. The molecule has 1 saturated heterocycles.